The normalized spacial score (nSPS) is 20.8. The van der Waals surface area contributed by atoms with Crippen molar-refractivity contribution in [2.45, 2.75) is 64.0 Å². The van der Waals surface area contributed by atoms with E-state index in [-0.39, 0.29) is 30.3 Å². The van der Waals surface area contributed by atoms with E-state index in [1.54, 1.807) is 4.31 Å². The Labute approximate surface area is 295 Å². The first-order valence-electron chi connectivity index (χ1n) is 18.3. The van der Waals surface area contributed by atoms with Gasteiger partial charge in [-0.25, -0.2) is 17.5 Å². The van der Waals surface area contributed by atoms with Crippen LogP contribution in [0.1, 0.15) is 56.1 Å². The topological polar surface area (TPSA) is 110 Å². The van der Waals surface area contributed by atoms with Gasteiger partial charge in [-0.3, -0.25) is 9.59 Å². The molecule has 0 saturated carbocycles. The number of benzene rings is 3. The molecule has 4 aliphatic rings. The highest BCUT2D eigenvalue weighted by molar-refractivity contribution is 7.88. The van der Waals surface area contributed by atoms with Gasteiger partial charge in [-0.15, -0.1) is 0 Å². The second-order valence-electron chi connectivity index (χ2n) is 14.7. The van der Waals surface area contributed by atoms with E-state index < -0.39 is 15.9 Å². The molecule has 4 heterocycles. The van der Waals surface area contributed by atoms with E-state index in [4.69, 9.17) is 0 Å². The van der Waals surface area contributed by atoms with E-state index in [2.05, 4.69) is 29.6 Å². The molecule has 3 fully saturated rings. The molecule has 1 unspecified atom stereocenters. The molecule has 0 bridgehead atoms. The molecule has 1 N–H and O–H groups in total. The minimum atomic E-state index is -3.16. The van der Waals surface area contributed by atoms with Gasteiger partial charge in [0.2, 0.25) is 21.8 Å². The molecular formula is C39H49N5O5S. The van der Waals surface area contributed by atoms with E-state index in [1.165, 1.54) is 6.26 Å². The molecule has 3 aromatic carbocycles. The van der Waals surface area contributed by atoms with Gasteiger partial charge in [0.15, 0.2) is 0 Å². The number of hydrogen-bond acceptors (Lipinski definition) is 5. The van der Waals surface area contributed by atoms with Crippen LogP contribution in [0, 0.1) is 17.8 Å². The van der Waals surface area contributed by atoms with Crippen molar-refractivity contribution in [3.8, 4) is 0 Å². The summed E-state index contributed by atoms with van der Waals surface area (Å²) in [5, 5.41) is 5.25. The molecule has 4 amide bonds. The maximum absolute atomic E-state index is 14.3. The zero-order valence-corrected chi connectivity index (χ0v) is 29.8. The third-order valence-electron chi connectivity index (χ3n) is 11.7. The van der Waals surface area contributed by atoms with Gasteiger partial charge in [0.25, 0.3) is 0 Å². The number of para-hydroxylation sites is 1. The number of anilines is 1. The van der Waals surface area contributed by atoms with E-state index >= 15 is 0 Å². The van der Waals surface area contributed by atoms with Crippen molar-refractivity contribution in [3.05, 3.63) is 77.9 Å². The van der Waals surface area contributed by atoms with Crippen LogP contribution in [0.15, 0.2) is 66.7 Å². The lowest BCUT2D eigenvalue weighted by Gasteiger charge is -2.41. The van der Waals surface area contributed by atoms with Crippen molar-refractivity contribution in [1.29, 1.82) is 0 Å². The van der Waals surface area contributed by atoms with Crippen LogP contribution in [-0.2, 0) is 32.6 Å². The number of fused-ring (bicyclic) bond motifs is 2. The van der Waals surface area contributed by atoms with Crippen molar-refractivity contribution < 1.29 is 22.8 Å². The Bertz CT molecular complexity index is 1820. The van der Waals surface area contributed by atoms with Crippen molar-refractivity contribution in [2.24, 2.45) is 17.8 Å². The van der Waals surface area contributed by atoms with Crippen molar-refractivity contribution >= 4 is 44.3 Å². The average Bonchev–Trinajstić information content (AvgIpc) is 3.14. The summed E-state index contributed by atoms with van der Waals surface area (Å²) in [6.45, 7) is 4.19. The van der Waals surface area contributed by atoms with Gasteiger partial charge in [0.05, 0.1) is 12.2 Å². The third-order valence-corrected chi connectivity index (χ3v) is 13.0. The summed E-state index contributed by atoms with van der Waals surface area (Å²) in [6.07, 6.45) is 6.92. The lowest BCUT2D eigenvalue weighted by atomic mass is 9.79. The molecule has 50 heavy (non-hydrogen) atoms. The highest BCUT2D eigenvalue weighted by Gasteiger charge is 2.37. The molecule has 266 valence electrons. The van der Waals surface area contributed by atoms with Gasteiger partial charge in [0.1, 0.15) is 0 Å². The molecule has 10 nitrogen and oxygen atoms in total. The smallest absolute Gasteiger partial charge is 0.322 e. The number of nitrogens with zero attached hydrogens (tertiary/aromatic N) is 4. The van der Waals surface area contributed by atoms with Crippen LogP contribution >= 0.6 is 0 Å². The van der Waals surface area contributed by atoms with Gasteiger partial charge in [-0.05, 0) is 84.7 Å². The highest BCUT2D eigenvalue weighted by Crippen LogP contribution is 2.35. The Morgan fingerprint density at radius 3 is 2.12 bits per heavy atom. The number of urea groups is 1. The van der Waals surface area contributed by atoms with Crippen LogP contribution in [0.2, 0.25) is 0 Å². The average molecular weight is 700 g/mol. The Morgan fingerprint density at radius 2 is 1.40 bits per heavy atom. The Balaban J connectivity index is 0.998. The lowest BCUT2D eigenvalue weighted by molar-refractivity contribution is -0.143. The first-order chi connectivity index (χ1) is 24.1. The maximum atomic E-state index is 14.3. The molecule has 0 radical (unpaired) electrons. The standard InChI is InChI=1S/C39H49N5O5S/c1-50(48,49)43-23-15-29(16-24-43)28-13-19-42(20-14-28)38(46)33(25-31-10-6-9-30-7-2-4-11-35(30)31)26-37(45)41-21-17-34(18-22-41)44-27-32-8-3-5-12-36(32)40-39(44)47/h2-12,28-29,33-34H,13-27H2,1H3,(H,40,47). The van der Waals surface area contributed by atoms with E-state index in [1.807, 2.05) is 57.2 Å². The highest BCUT2D eigenvalue weighted by atomic mass is 32.2. The summed E-state index contributed by atoms with van der Waals surface area (Å²) in [4.78, 5) is 47.0. The molecule has 3 saturated heterocycles. The number of rotatable bonds is 8. The number of nitrogens with one attached hydrogen (secondary N) is 1. The Morgan fingerprint density at radius 1 is 0.780 bits per heavy atom. The second kappa shape index (κ2) is 14.7. The van der Waals surface area contributed by atoms with Gasteiger partial charge in [0, 0.05) is 64.0 Å². The van der Waals surface area contributed by atoms with Crippen molar-refractivity contribution in [3.63, 3.8) is 0 Å². The summed E-state index contributed by atoms with van der Waals surface area (Å²) >= 11 is 0. The lowest BCUT2D eigenvalue weighted by Crippen LogP contribution is -2.51. The fourth-order valence-corrected chi connectivity index (χ4v) is 9.67. The molecular weight excluding hydrogens is 651 g/mol. The summed E-state index contributed by atoms with van der Waals surface area (Å²) in [6, 6.07) is 22.2. The zero-order valence-electron chi connectivity index (χ0n) is 29.0. The van der Waals surface area contributed by atoms with Gasteiger partial charge < -0.3 is 20.0 Å². The van der Waals surface area contributed by atoms with Crippen LogP contribution in [0.25, 0.3) is 10.8 Å². The summed E-state index contributed by atoms with van der Waals surface area (Å²) in [5.74, 6) is 0.547. The Kier molecular flexibility index (Phi) is 10.2. The quantitative estimate of drug-likeness (QED) is 0.342. The zero-order chi connectivity index (χ0) is 34.8. The molecule has 11 heteroatoms. The van der Waals surface area contributed by atoms with Crippen LogP contribution in [0.5, 0.6) is 0 Å². The minimum Gasteiger partial charge on any atom is -0.343 e. The minimum absolute atomic E-state index is 0.00278. The summed E-state index contributed by atoms with van der Waals surface area (Å²) in [5.41, 5.74) is 3.04. The van der Waals surface area contributed by atoms with Gasteiger partial charge >= 0.3 is 6.03 Å². The van der Waals surface area contributed by atoms with Gasteiger partial charge in [-0.1, -0.05) is 60.7 Å². The molecule has 0 aliphatic carbocycles. The maximum Gasteiger partial charge on any atom is 0.322 e. The number of piperidine rings is 3. The van der Waals surface area contributed by atoms with E-state index in [0.29, 0.717) is 76.9 Å². The number of likely N-dealkylation sites (tertiary alicyclic amines) is 2. The number of carbonyl (C=O) groups is 3. The largest absolute Gasteiger partial charge is 0.343 e. The second-order valence-corrected chi connectivity index (χ2v) is 16.7. The van der Waals surface area contributed by atoms with Crippen molar-refractivity contribution in [1.82, 2.24) is 19.0 Å². The first kappa shape index (κ1) is 34.5. The van der Waals surface area contributed by atoms with E-state index in [0.717, 1.165) is 53.3 Å². The van der Waals surface area contributed by atoms with Crippen LogP contribution in [0.4, 0.5) is 10.5 Å². The molecule has 0 aromatic heterocycles. The first-order valence-corrected chi connectivity index (χ1v) is 20.1. The van der Waals surface area contributed by atoms with Crippen molar-refractivity contribution in [2.75, 3.05) is 50.8 Å². The SMILES string of the molecule is CS(=O)(=O)N1CCC(C2CCN(C(=O)C(CC(=O)N3CCC(N4Cc5ccccc5NC4=O)CC3)Cc3cccc4ccccc34)CC2)CC1. The molecule has 0 spiro atoms. The molecule has 4 aliphatic heterocycles. The molecule has 1 atom stereocenters. The number of hydrogen-bond donors (Lipinski definition) is 1. The predicted octanol–water partition coefficient (Wildman–Crippen LogP) is 5.34. The van der Waals surface area contributed by atoms with Gasteiger partial charge in [-0.2, -0.15) is 0 Å². The van der Waals surface area contributed by atoms with E-state index in [9.17, 15) is 22.8 Å². The number of sulfonamides is 1. The predicted molar refractivity (Wildman–Crippen MR) is 195 cm³/mol. The van der Waals surface area contributed by atoms with Crippen LogP contribution < -0.4 is 5.32 Å². The third kappa shape index (κ3) is 7.54. The fourth-order valence-electron chi connectivity index (χ4n) is 8.80. The summed E-state index contributed by atoms with van der Waals surface area (Å²) in [7, 11) is -3.16. The summed E-state index contributed by atoms with van der Waals surface area (Å²) < 4.78 is 25.6. The van der Waals surface area contributed by atoms with Crippen LogP contribution in [0.3, 0.4) is 0 Å². The number of amides is 4. The van der Waals surface area contributed by atoms with Crippen LogP contribution in [-0.4, -0.2) is 96.8 Å². The Hall–Kier alpha value is -3.96. The number of carbonyl (C=O) groups excluding carboxylic acids is 3. The molecule has 7 rings (SSSR count). The molecule has 3 aromatic rings. The fraction of sp³-hybridized carbons (Fsp3) is 0.513. The monoisotopic (exact) mass is 699 g/mol.